The van der Waals surface area contributed by atoms with Gasteiger partial charge in [-0.15, -0.1) is 0 Å². The fourth-order valence-corrected chi connectivity index (χ4v) is 2.15. The molecule has 0 unspecified atom stereocenters. The van der Waals surface area contributed by atoms with Crippen LogP contribution in [0.1, 0.15) is 54.0 Å². The Hall–Kier alpha value is -1.65. The number of pyridine rings is 1. The van der Waals surface area contributed by atoms with E-state index in [2.05, 4.69) is 50.0 Å². The molecule has 0 saturated carbocycles. The van der Waals surface area contributed by atoms with Gasteiger partial charge in [0.1, 0.15) is 0 Å². The number of rotatable bonds is 5. The third-order valence-electron chi connectivity index (χ3n) is 4.80. The first-order chi connectivity index (χ1) is 11.4. The fraction of sp³-hybridized carbons (Fsp3) is 0.476. The van der Waals surface area contributed by atoms with Crippen molar-refractivity contribution in [3.63, 3.8) is 0 Å². The van der Waals surface area contributed by atoms with Crippen molar-refractivity contribution < 1.29 is 9.76 Å². The summed E-state index contributed by atoms with van der Waals surface area (Å²) in [5, 5.41) is 10.1. The lowest BCUT2D eigenvalue weighted by atomic mass is 9.83. The second-order valence-corrected chi connectivity index (χ2v) is 8.61. The summed E-state index contributed by atoms with van der Waals surface area (Å²) in [6.45, 7) is 13.8. The average molecular weight is 338 g/mol. The Bertz CT molecular complexity index is 693. The third-order valence-corrected chi connectivity index (χ3v) is 4.80. The number of aliphatic hydroxyl groups is 1. The molecule has 0 aliphatic heterocycles. The highest BCUT2D eigenvalue weighted by Crippen LogP contribution is 2.26. The fourth-order valence-electron chi connectivity index (χ4n) is 2.15. The van der Waals surface area contributed by atoms with Crippen molar-refractivity contribution in [3.8, 4) is 11.3 Å². The summed E-state index contributed by atoms with van der Waals surface area (Å²) in [7, 11) is 1.65. The van der Waals surface area contributed by atoms with E-state index in [1.54, 1.807) is 27.5 Å². The van der Waals surface area contributed by atoms with Crippen LogP contribution in [0.2, 0.25) is 0 Å². The van der Waals surface area contributed by atoms with Crippen molar-refractivity contribution in [2.45, 2.75) is 65.1 Å². The van der Waals surface area contributed by atoms with Gasteiger partial charge in [0, 0.05) is 11.8 Å². The lowest BCUT2D eigenvalue weighted by Gasteiger charge is -2.37. The molecule has 0 atom stereocenters. The van der Waals surface area contributed by atoms with Gasteiger partial charge in [-0.25, -0.2) is 0 Å². The normalized spacial score (nSPS) is 13.0. The zero-order valence-electron chi connectivity index (χ0n) is 16.4. The molecule has 0 aliphatic carbocycles. The quantitative estimate of drug-likeness (QED) is 0.842. The number of benzene rings is 1. The van der Waals surface area contributed by atoms with E-state index in [1.807, 2.05) is 26.0 Å². The molecule has 2 aromatic rings. The summed E-state index contributed by atoms with van der Waals surface area (Å²) < 4.78 is 5.76. The molecule has 4 heteroatoms. The summed E-state index contributed by atoms with van der Waals surface area (Å²) in [6.07, 6.45) is 1.79. The Morgan fingerprint density at radius 3 is 1.92 bits per heavy atom. The van der Waals surface area contributed by atoms with E-state index in [4.69, 9.17) is 4.65 Å². The van der Waals surface area contributed by atoms with E-state index in [-0.39, 0.29) is 5.41 Å². The third kappa shape index (κ3) is 4.93. The van der Waals surface area contributed by atoms with Crippen molar-refractivity contribution in [3.05, 3.63) is 48.2 Å². The van der Waals surface area contributed by atoms with Crippen LogP contribution in [0, 0.1) is 0 Å². The van der Waals surface area contributed by atoms with Crippen LogP contribution in [0.25, 0.3) is 11.3 Å². The first kappa shape index (κ1) is 19.7. The van der Waals surface area contributed by atoms with E-state index in [0.717, 1.165) is 16.7 Å². The first-order valence-corrected chi connectivity index (χ1v) is 8.70. The summed E-state index contributed by atoms with van der Waals surface area (Å²) in [6, 6.07) is 12.5. The van der Waals surface area contributed by atoms with Crippen LogP contribution in [0.3, 0.4) is 0 Å². The van der Waals surface area contributed by atoms with Gasteiger partial charge in [0.2, 0.25) is 0 Å². The van der Waals surface area contributed by atoms with Crippen molar-refractivity contribution in [2.75, 3.05) is 0 Å². The summed E-state index contributed by atoms with van der Waals surface area (Å²) >= 11 is 0. The van der Waals surface area contributed by atoms with Crippen molar-refractivity contribution in [1.82, 2.24) is 4.98 Å². The molecule has 25 heavy (non-hydrogen) atoms. The summed E-state index contributed by atoms with van der Waals surface area (Å²) in [4.78, 5) is 4.53. The molecule has 1 aromatic heterocycles. The maximum Gasteiger partial charge on any atom is 0.332 e. The Balaban J connectivity index is 2.07. The van der Waals surface area contributed by atoms with Crippen LogP contribution in [-0.4, -0.2) is 28.8 Å². The van der Waals surface area contributed by atoms with Crippen LogP contribution < -0.4 is 5.46 Å². The Kier molecular flexibility index (Phi) is 5.45. The molecule has 1 radical (unpaired) electrons. The van der Waals surface area contributed by atoms with Gasteiger partial charge in [0.25, 0.3) is 0 Å². The minimum absolute atomic E-state index is 0.148. The topological polar surface area (TPSA) is 42.4 Å². The minimum atomic E-state index is -0.939. The van der Waals surface area contributed by atoms with Crippen LogP contribution in [0.15, 0.2) is 42.6 Å². The number of aromatic nitrogens is 1. The zero-order chi connectivity index (χ0) is 18.9. The van der Waals surface area contributed by atoms with Gasteiger partial charge in [-0.2, -0.15) is 0 Å². The van der Waals surface area contributed by atoms with Crippen molar-refractivity contribution in [2.24, 2.45) is 0 Å². The van der Waals surface area contributed by atoms with Crippen molar-refractivity contribution in [1.29, 1.82) is 0 Å². The van der Waals surface area contributed by atoms with Crippen LogP contribution in [0.4, 0.5) is 0 Å². The molecule has 0 aliphatic rings. The molecular formula is C21H29BNO2. The molecule has 1 aromatic carbocycles. The van der Waals surface area contributed by atoms with Gasteiger partial charge in [-0.05, 0) is 50.2 Å². The van der Waals surface area contributed by atoms with Gasteiger partial charge < -0.3 is 9.76 Å². The molecule has 0 bridgehead atoms. The minimum Gasteiger partial charge on any atom is -0.427 e. The molecule has 0 spiro atoms. The lowest BCUT2D eigenvalue weighted by Crippen LogP contribution is -2.49. The Morgan fingerprint density at radius 1 is 0.880 bits per heavy atom. The van der Waals surface area contributed by atoms with E-state index in [0.29, 0.717) is 0 Å². The van der Waals surface area contributed by atoms with Crippen LogP contribution in [0.5, 0.6) is 0 Å². The van der Waals surface area contributed by atoms with Gasteiger partial charge in [0.15, 0.2) is 0 Å². The number of hydrogen-bond donors (Lipinski definition) is 1. The smallest absolute Gasteiger partial charge is 0.332 e. The molecule has 0 saturated heterocycles. The highest BCUT2D eigenvalue weighted by atomic mass is 16.5. The maximum atomic E-state index is 10.1. The Morgan fingerprint density at radius 2 is 1.48 bits per heavy atom. The second kappa shape index (κ2) is 6.93. The zero-order valence-corrected chi connectivity index (χ0v) is 16.4. The molecular weight excluding hydrogens is 309 g/mol. The van der Waals surface area contributed by atoms with Gasteiger partial charge in [0.05, 0.1) is 16.9 Å². The van der Waals surface area contributed by atoms with Gasteiger partial charge in [-0.3, -0.25) is 4.98 Å². The maximum absolute atomic E-state index is 10.1. The standard InChI is InChI=1S/C21H29BNO2/c1-19(2,3)16-10-8-15(9-11-16)18-13-12-17(14-23-18)22-25-21(6,7)20(4,5)24/h8-14,24H,1-7H3. The highest BCUT2D eigenvalue weighted by molar-refractivity contribution is 6.46. The van der Waals surface area contributed by atoms with E-state index < -0.39 is 11.2 Å². The predicted molar refractivity (Wildman–Crippen MR) is 105 cm³/mol. The highest BCUT2D eigenvalue weighted by Gasteiger charge is 2.35. The Labute approximate surface area is 152 Å². The number of hydrogen-bond acceptors (Lipinski definition) is 3. The van der Waals surface area contributed by atoms with Crippen LogP contribution >= 0.6 is 0 Å². The van der Waals surface area contributed by atoms with Crippen molar-refractivity contribution >= 4 is 12.9 Å². The second-order valence-electron chi connectivity index (χ2n) is 8.61. The summed E-state index contributed by atoms with van der Waals surface area (Å²) in [5.74, 6) is 0. The molecule has 3 nitrogen and oxygen atoms in total. The van der Waals surface area contributed by atoms with E-state index in [1.165, 1.54) is 5.56 Å². The SMILES string of the molecule is CC(C)(C)c1ccc(-c2ccc([B]OC(C)(C)C(C)(C)O)cn2)cc1. The average Bonchev–Trinajstić information content (AvgIpc) is 2.52. The van der Waals surface area contributed by atoms with Gasteiger partial charge >= 0.3 is 7.48 Å². The molecule has 133 valence electrons. The molecule has 1 heterocycles. The van der Waals surface area contributed by atoms with Crippen LogP contribution in [-0.2, 0) is 10.1 Å². The molecule has 1 N–H and O–H groups in total. The first-order valence-electron chi connectivity index (χ1n) is 8.70. The monoisotopic (exact) mass is 338 g/mol. The molecule has 0 fully saturated rings. The van der Waals surface area contributed by atoms with Gasteiger partial charge in [-0.1, -0.05) is 51.1 Å². The number of nitrogens with zero attached hydrogens (tertiary/aromatic N) is 1. The lowest BCUT2D eigenvalue weighted by molar-refractivity contribution is -0.0893. The largest absolute Gasteiger partial charge is 0.427 e. The molecule has 2 rings (SSSR count). The summed E-state index contributed by atoms with van der Waals surface area (Å²) in [5.41, 5.74) is 2.72. The molecule has 0 amide bonds. The predicted octanol–water partition coefficient (Wildman–Crippen LogP) is 3.86. The van der Waals surface area contributed by atoms with E-state index in [9.17, 15) is 5.11 Å². The van der Waals surface area contributed by atoms with E-state index >= 15 is 0 Å².